The normalized spacial score (nSPS) is 12.7. The molecule has 0 bridgehead atoms. The van der Waals surface area contributed by atoms with E-state index in [1.165, 1.54) is 7.11 Å². The maximum atomic E-state index is 12.7. The summed E-state index contributed by atoms with van der Waals surface area (Å²) in [5.41, 5.74) is 1.95. The molecule has 2 aromatic rings. The van der Waals surface area contributed by atoms with E-state index in [2.05, 4.69) is 20.8 Å². The van der Waals surface area contributed by atoms with Gasteiger partial charge in [-0.2, -0.15) is 0 Å². The van der Waals surface area contributed by atoms with Crippen LogP contribution in [0.2, 0.25) is 0 Å². The van der Waals surface area contributed by atoms with Crippen molar-refractivity contribution in [1.29, 1.82) is 0 Å². The van der Waals surface area contributed by atoms with E-state index in [1.54, 1.807) is 30.3 Å². The summed E-state index contributed by atoms with van der Waals surface area (Å²) in [5.74, 6) is -0.633. The lowest BCUT2D eigenvalue weighted by Crippen LogP contribution is -2.32. The second kappa shape index (κ2) is 6.88. The first-order valence-electron chi connectivity index (χ1n) is 7.61. The zero-order valence-corrected chi connectivity index (χ0v) is 14.0. The minimum atomic E-state index is -1.12. The van der Waals surface area contributed by atoms with Crippen molar-refractivity contribution in [3.05, 3.63) is 71.3 Å². The molecule has 0 fully saturated rings. The SMILES string of the molecule is COC(C(=O)c1ccccc1)C(=O)c1cccc(C(C)(C)C)c1. The molecular formula is C20H22O3. The molecule has 0 spiro atoms. The van der Waals surface area contributed by atoms with Crippen LogP contribution in [-0.2, 0) is 10.2 Å². The van der Waals surface area contributed by atoms with E-state index < -0.39 is 6.10 Å². The van der Waals surface area contributed by atoms with Gasteiger partial charge in [0.25, 0.3) is 0 Å². The second-order valence-corrected chi connectivity index (χ2v) is 6.54. The average molecular weight is 310 g/mol. The molecule has 23 heavy (non-hydrogen) atoms. The summed E-state index contributed by atoms with van der Waals surface area (Å²) in [6.45, 7) is 6.25. The number of carbonyl (C=O) groups excluding carboxylic acids is 2. The fourth-order valence-electron chi connectivity index (χ4n) is 2.38. The largest absolute Gasteiger partial charge is 0.365 e. The van der Waals surface area contributed by atoms with Gasteiger partial charge in [0.05, 0.1) is 0 Å². The maximum absolute atomic E-state index is 12.7. The molecule has 0 aromatic heterocycles. The van der Waals surface area contributed by atoms with Gasteiger partial charge in [0.1, 0.15) is 0 Å². The van der Waals surface area contributed by atoms with Gasteiger partial charge in [0, 0.05) is 18.2 Å². The van der Waals surface area contributed by atoms with Crippen molar-refractivity contribution in [3.8, 4) is 0 Å². The summed E-state index contributed by atoms with van der Waals surface area (Å²) in [6, 6.07) is 16.1. The first kappa shape index (κ1) is 17.1. The smallest absolute Gasteiger partial charge is 0.199 e. The zero-order chi connectivity index (χ0) is 17.0. The number of benzene rings is 2. The number of hydrogen-bond donors (Lipinski definition) is 0. The molecule has 3 heteroatoms. The van der Waals surface area contributed by atoms with E-state index in [9.17, 15) is 9.59 Å². The topological polar surface area (TPSA) is 43.4 Å². The molecule has 0 saturated carbocycles. The van der Waals surface area contributed by atoms with Crippen LogP contribution in [0, 0.1) is 0 Å². The van der Waals surface area contributed by atoms with Crippen molar-refractivity contribution in [2.45, 2.75) is 32.3 Å². The molecule has 0 N–H and O–H groups in total. The van der Waals surface area contributed by atoms with E-state index in [0.29, 0.717) is 11.1 Å². The summed E-state index contributed by atoms with van der Waals surface area (Å²) in [4.78, 5) is 25.3. The summed E-state index contributed by atoms with van der Waals surface area (Å²) in [5, 5.41) is 0. The Labute approximate surface area is 137 Å². The number of carbonyl (C=O) groups is 2. The second-order valence-electron chi connectivity index (χ2n) is 6.54. The van der Waals surface area contributed by atoms with Crippen LogP contribution < -0.4 is 0 Å². The molecule has 1 unspecified atom stereocenters. The van der Waals surface area contributed by atoms with Gasteiger partial charge in [-0.3, -0.25) is 9.59 Å². The fourth-order valence-corrected chi connectivity index (χ4v) is 2.38. The molecule has 0 heterocycles. The number of Topliss-reactive ketones (excluding diaryl/α,β-unsaturated/α-hetero) is 2. The van der Waals surface area contributed by atoms with Crippen LogP contribution in [0.5, 0.6) is 0 Å². The lowest BCUT2D eigenvalue weighted by Gasteiger charge is -2.20. The number of methoxy groups -OCH3 is 1. The number of ketones is 2. The van der Waals surface area contributed by atoms with Crippen molar-refractivity contribution in [2.24, 2.45) is 0 Å². The molecular weight excluding hydrogens is 288 g/mol. The Morgan fingerprint density at radius 3 is 2.00 bits per heavy atom. The Morgan fingerprint density at radius 1 is 0.870 bits per heavy atom. The first-order chi connectivity index (χ1) is 10.8. The Bertz CT molecular complexity index is 696. The van der Waals surface area contributed by atoms with Gasteiger partial charge < -0.3 is 4.74 Å². The molecule has 1 atom stereocenters. The average Bonchev–Trinajstić information content (AvgIpc) is 2.55. The van der Waals surface area contributed by atoms with Crippen molar-refractivity contribution >= 4 is 11.6 Å². The van der Waals surface area contributed by atoms with Gasteiger partial charge in [-0.25, -0.2) is 0 Å². The first-order valence-corrected chi connectivity index (χ1v) is 7.61. The molecule has 0 radical (unpaired) electrons. The minimum Gasteiger partial charge on any atom is -0.365 e. The highest BCUT2D eigenvalue weighted by atomic mass is 16.5. The fraction of sp³-hybridized carbons (Fsp3) is 0.300. The summed E-state index contributed by atoms with van der Waals surface area (Å²) >= 11 is 0. The van der Waals surface area contributed by atoms with Crippen LogP contribution in [0.1, 0.15) is 47.1 Å². The zero-order valence-electron chi connectivity index (χ0n) is 14.0. The quantitative estimate of drug-likeness (QED) is 0.618. The van der Waals surface area contributed by atoms with E-state index in [0.717, 1.165) is 5.56 Å². The van der Waals surface area contributed by atoms with Crippen LogP contribution >= 0.6 is 0 Å². The van der Waals surface area contributed by atoms with Gasteiger partial charge in [-0.15, -0.1) is 0 Å². The number of hydrogen-bond acceptors (Lipinski definition) is 3. The highest BCUT2D eigenvalue weighted by Gasteiger charge is 2.29. The van der Waals surface area contributed by atoms with Gasteiger partial charge in [0.2, 0.25) is 0 Å². The minimum absolute atomic E-state index is 0.0672. The third-order valence-electron chi connectivity index (χ3n) is 3.78. The lowest BCUT2D eigenvalue weighted by molar-refractivity contribution is 0.0513. The van der Waals surface area contributed by atoms with Gasteiger partial charge in [-0.05, 0) is 17.0 Å². The Morgan fingerprint density at radius 2 is 1.43 bits per heavy atom. The Balaban J connectivity index is 2.32. The monoisotopic (exact) mass is 310 g/mol. The third kappa shape index (κ3) is 3.93. The van der Waals surface area contributed by atoms with E-state index in [-0.39, 0.29) is 17.0 Å². The Kier molecular flexibility index (Phi) is 5.12. The van der Waals surface area contributed by atoms with E-state index >= 15 is 0 Å². The van der Waals surface area contributed by atoms with Crippen LogP contribution in [0.15, 0.2) is 54.6 Å². The van der Waals surface area contributed by atoms with Crippen LogP contribution in [0.3, 0.4) is 0 Å². The number of ether oxygens (including phenoxy) is 1. The third-order valence-corrected chi connectivity index (χ3v) is 3.78. The summed E-state index contributed by atoms with van der Waals surface area (Å²) in [7, 11) is 1.39. The predicted octanol–water partition coefficient (Wildman–Crippen LogP) is 4.06. The maximum Gasteiger partial charge on any atom is 0.199 e. The van der Waals surface area contributed by atoms with E-state index in [1.807, 2.05) is 24.3 Å². The van der Waals surface area contributed by atoms with Gasteiger partial charge in [-0.1, -0.05) is 69.3 Å². The molecule has 0 saturated heterocycles. The molecule has 0 aliphatic heterocycles. The molecule has 2 aromatic carbocycles. The molecule has 120 valence electrons. The summed E-state index contributed by atoms with van der Waals surface area (Å²) < 4.78 is 5.21. The molecule has 0 aliphatic carbocycles. The highest BCUT2D eigenvalue weighted by Crippen LogP contribution is 2.24. The van der Waals surface area contributed by atoms with Crippen LogP contribution in [0.4, 0.5) is 0 Å². The standard InChI is InChI=1S/C20H22O3/c1-20(2,3)16-12-8-11-15(13-16)18(22)19(23-4)17(21)14-9-6-5-7-10-14/h5-13,19H,1-4H3. The van der Waals surface area contributed by atoms with E-state index in [4.69, 9.17) is 4.74 Å². The lowest BCUT2D eigenvalue weighted by atomic mass is 9.85. The molecule has 2 rings (SSSR count). The highest BCUT2D eigenvalue weighted by molar-refractivity contribution is 6.18. The molecule has 3 nitrogen and oxygen atoms in total. The predicted molar refractivity (Wildman–Crippen MR) is 91.0 cm³/mol. The van der Waals surface area contributed by atoms with Crippen molar-refractivity contribution in [1.82, 2.24) is 0 Å². The van der Waals surface area contributed by atoms with Crippen molar-refractivity contribution in [3.63, 3.8) is 0 Å². The Hall–Kier alpha value is -2.26. The van der Waals surface area contributed by atoms with Gasteiger partial charge in [0.15, 0.2) is 17.7 Å². The van der Waals surface area contributed by atoms with Crippen molar-refractivity contribution < 1.29 is 14.3 Å². The molecule has 0 aliphatic rings. The van der Waals surface area contributed by atoms with Gasteiger partial charge >= 0.3 is 0 Å². The molecule has 0 amide bonds. The van der Waals surface area contributed by atoms with Crippen LogP contribution in [0.25, 0.3) is 0 Å². The number of rotatable bonds is 5. The van der Waals surface area contributed by atoms with Crippen molar-refractivity contribution in [2.75, 3.05) is 7.11 Å². The van der Waals surface area contributed by atoms with Crippen LogP contribution in [-0.4, -0.2) is 24.8 Å². The summed E-state index contributed by atoms with van der Waals surface area (Å²) in [6.07, 6.45) is -1.12.